The maximum absolute atomic E-state index is 12.4. The first-order valence-electron chi connectivity index (χ1n) is 6.27. The second-order valence-corrected chi connectivity index (χ2v) is 7.50. The first kappa shape index (κ1) is 16.7. The zero-order chi connectivity index (χ0) is 15.6. The van der Waals surface area contributed by atoms with Crippen LogP contribution >= 0.6 is 23.2 Å². The van der Waals surface area contributed by atoms with Crippen LogP contribution in [-0.4, -0.2) is 38.9 Å². The van der Waals surface area contributed by atoms with E-state index in [0.717, 1.165) is 0 Å². The van der Waals surface area contributed by atoms with Crippen molar-refractivity contribution >= 4 is 33.2 Å². The van der Waals surface area contributed by atoms with Gasteiger partial charge in [-0.2, -0.15) is 5.06 Å². The lowest BCUT2D eigenvalue weighted by atomic mass is 10.0. The molecule has 2 atom stereocenters. The number of benzene rings is 1. The number of halogens is 2. The van der Waals surface area contributed by atoms with Crippen molar-refractivity contribution in [2.75, 3.05) is 20.2 Å². The number of nitrogens with zero attached hydrogens (tertiary/aromatic N) is 1. The molecule has 0 amide bonds. The minimum absolute atomic E-state index is 0.0621. The van der Waals surface area contributed by atoms with Gasteiger partial charge in [0.1, 0.15) is 5.25 Å². The van der Waals surface area contributed by atoms with Crippen LogP contribution in [0.5, 0.6) is 0 Å². The van der Waals surface area contributed by atoms with Gasteiger partial charge < -0.3 is 0 Å². The van der Waals surface area contributed by atoms with Gasteiger partial charge in [0.15, 0.2) is 0 Å². The Balaban J connectivity index is 2.37. The third-order valence-electron chi connectivity index (χ3n) is 3.29. The van der Waals surface area contributed by atoms with E-state index < -0.39 is 21.3 Å². The average Bonchev–Trinajstić information content (AvgIpc) is 2.79. The minimum atomic E-state index is -3.56. The molecule has 0 saturated carbocycles. The van der Waals surface area contributed by atoms with E-state index in [0.29, 0.717) is 15.6 Å². The molecule has 8 heteroatoms. The Kier molecular flexibility index (Phi) is 5.29. The highest BCUT2D eigenvalue weighted by Gasteiger charge is 2.43. The van der Waals surface area contributed by atoms with E-state index >= 15 is 0 Å². The summed E-state index contributed by atoms with van der Waals surface area (Å²) in [6.45, 7) is 3.73. The van der Waals surface area contributed by atoms with Gasteiger partial charge in [-0.3, -0.25) is 4.84 Å². The van der Waals surface area contributed by atoms with E-state index in [1.807, 2.05) is 0 Å². The summed E-state index contributed by atoms with van der Waals surface area (Å²) < 4.78 is 27.2. The summed E-state index contributed by atoms with van der Waals surface area (Å²) in [7, 11) is -1.88. The molecule has 1 fully saturated rings. The monoisotopic (exact) mass is 350 g/mol. The first-order chi connectivity index (χ1) is 9.86. The number of sulfonamides is 1. The van der Waals surface area contributed by atoms with Crippen LogP contribution in [-0.2, 0) is 14.9 Å². The summed E-state index contributed by atoms with van der Waals surface area (Å²) >= 11 is 12.1. The summed E-state index contributed by atoms with van der Waals surface area (Å²) in [6.07, 6.45) is 1.49. The topological polar surface area (TPSA) is 58.6 Å². The van der Waals surface area contributed by atoms with Crippen molar-refractivity contribution in [1.82, 2.24) is 9.79 Å². The molecule has 1 N–H and O–H groups in total. The molecule has 5 nitrogen and oxygen atoms in total. The second kappa shape index (κ2) is 6.64. The fraction of sp³-hybridized carbons (Fsp3) is 0.385. The lowest BCUT2D eigenvalue weighted by Gasteiger charge is -2.23. The molecule has 0 aliphatic carbocycles. The van der Waals surface area contributed by atoms with Crippen molar-refractivity contribution in [3.05, 3.63) is 46.5 Å². The highest BCUT2D eigenvalue weighted by Crippen LogP contribution is 2.37. The van der Waals surface area contributed by atoms with Gasteiger partial charge in [-0.05, 0) is 17.7 Å². The molecule has 0 aromatic heterocycles. The normalized spacial score (nSPS) is 23.4. The number of hydrogen-bond acceptors (Lipinski definition) is 4. The van der Waals surface area contributed by atoms with Crippen molar-refractivity contribution in [2.45, 2.75) is 11.3 Å². The van der Waals surface area contributed by atoms with Gasteiger partial charge in [0, 0.05) is 23.6 Å². The van der Waals surface area contributed by atoms with Gasteiger partial charge in [0.25, 0.3) is 0 Å². The Morgan fingerprint density at radius 1 is 1.52 bits per heavy atom. The standard InChI is InChI=1S/C13H16Cl2N2O3S/c1-3-6-16-21(18,19)12-8-20-17(2)13(12)10-5-4-9(14)7-11(10)15/h3-5,7,12-13,16H,1,6,8H2,2H3. The average molecular weight is 351 g/mol. The third-order valence-corrected chi connectivity index (χ3v) is 5.62. The molecule has 2 unspecified atom stereocenters. The van der Waals surface area contributed by atoms with Crippen molar-refractivity contribution in [2.24, 2.45) is 0 Å². The highest BCUT2D eigenvalue weighted by atomic mass is 35.5. The molecule has 0 radical (unpaired) electrons. The van der Waals surface area contributed by atoms with Crippen LogP contribution in [0, 0.1) is 0 Å². The van der Waals surface area contributed by atoms with E-state index in [1.165, 1.54) is 11.1 Å². The van der Waals surface area contributed by atoms with E-state index in [9.17, 15) is 8.42 Å². The molecule has 1 saturated heterocycles. The van der Waals surface area contributed by atoms with Crippen LogP contribution in [0.1, 0.15) is 11.6 Å². The van der Waals surface area contributed by atoms with Crippen LogP contribution < -0.4 is 4.72 Å². The molecule has 1 aromatic rings. The zero-order valence-electron chi connectivity index (χ0n) is 11.4. The summed E-state index contributed by atoms with van der Waals surface area (Å²) in [5.41, 5.74) is 0.662. The quantitative estimate of drug-likeness (QED) is 0.828. The first-order valence-corrected chi connectivity index (χ1v) is 8.57. The molecule has 0 bridgehead atoms. The fourth-order valence-electron chi connectivity index (χ4n) is 2.28. The maximum Gasteiger partial charge on any atom is 0.219 e. The van der Waals surface area contributed by atoms with E-state index in [4.69, 9.17) is 28.0 Å². The summed E-state index contributed by atoms with van der Waals surface area (Å²) in [5, 5.41) is 1.65. The predicted octanol–water partition coefficient (Wildman–Crippen LogP) is 2.39. The third kappa shape index (κ3) is 3.59. The number of nitrogens with one attached hydrogen (secondary N) is 1. The van der Waals surface area contributed by atoms with E-state index in [1.54, 1.807) is 25.2 Å². The van der Waals surface area contributed by atoms with Gasteiger partial charge in [-0.25, -0.2) is 13.1 Å². The molecule has 116 valence electrons. The van der Waals surface area contributed by atoms with Crippen LogP contribution in [0.2, 0.25) is 10.0 Å². The Morgan fingerprint density at radius 3 is 2.86 bits per heavy atom. The zero-order valence-corrected chi connectivity index (χ0v) is 13.7. The van der Waals surface area contributed by atoms with Crippen molar-refractivity contribution < 1.29 is 13.3 Å². The summed E-state index contributed by atoms with van der Waals surface area (Å²) in [6, 6.07) is 4.48. The van der Waals surface area contributed by atoms with Crippen molar-refractivity contribution in [1.29, 1.82) is 0 Å². The molecule has 1 heterocycles. The number of hydrogen-bond donors (Lipinski definition) is 1. The predicted molar refractivity (Wildman–Crippen MR) is 83.8 cm³/mol. The Hall–Kier alpha value is -0.630. The van der Waals surface area contributed by atoms with Gasteiger partial charge >= 0.3 is 0 Å². The molecule has 1 aliphatic heterocycles. The molecule has 1 aromatic carbocycles. The van der Waals surface area contributed by atoms with Crippen molar-refractivity contribution in [3.8, 4) is 0 Å². The van der Waals surface area contributed by atoms with E-state index in [2.05, 4.69) is 11.3 Å². The number of rotatable bonds is 5. The second-order valence-electron chi connectivity index (χ2n) is 4.67. The molecular weight excluding hydrogens is 335 g/mol. The molecule has 21 heavy (non-hydrogen) atoms. The highest BCUT2D eigenvalue weighted by molar-refractivity contribution is 7.90. The van der Waals surface area contributed by atoms with Crippen LogP contribution in [0.25, 0.3) is 0 Å². The summed E-state index contributed by atoms with van der Waals surface area (Å²) in [5.74, 6) is 0. The lowest BCUT2D eigenvalue weighted by molar-refractivity contribution is -0.110. The molecular formula is C13H16Cl2N2O3S. The summed E-state index contributed by atoms with van der Waals surface area (Å²) in [4.78, 5) is 5.38. The Morgan fingerprint density at radius 2 is 2.24 bits per heavy atom. The Labute approximate surface area is 134 Å². The van der Waals surface area contributed by atoms with E-state index in [-0.39, 0.29) is 13.2 Å². The number of hydroxylamine groups is 2. The lowest BCUT2D eigenvalue weighted by Crippen LogP contribution is -2.39. The van der Waals surface area contributed by atoms with Crippen LogP contribution in [0.15, 0.2) is 30.9 Å². The van der Waals surface area contributed by atoms with Crippen LogP contribution in [0.3, 0.4) is 0 Å². The van der Waals surface area contributed by atoms with Gasteiger partial charge in [0.2, 0.25) is 10.0 Å². The van der Waals surface area contributed by atoms with Crippen LogP contribution in [0.4, 0.5) is 0 Å². The molecule has 2 rings (SSSR count). The fourth-order valence-corrected chi connectivity index (χ4v) is 4.26. The minimum Gasteiger partial charge on any atom is -0.297 e. The van der Waals surface area contributed by atoms with Gasteiger partial charge in [-0.1, -0.05) is 35.3 Å². The Bertz CT molecular complexity index is 636. The van der Waals surface area contributed by atoms with Gasteiger partial charge in [-0.15, -0.1) is 6.58 Å². The van der Waals surface area contributed by atoms with Gasteiger partial charge in [0.05, 0.1) is 12.6 Å². The van der Waals surface area contributed by atoms with Crippen molar-refractivity contribution in [3.63, 3.8) is 0 Å². The molecule has 1 aliphatic rings. The SMILES string of the molecule is C=CCNS(=O)(=O)C1CON(C)C1c1ccc(Cl)cc1Cl. The molecule has 0 spiro atoms. The maximum atomic E-state index is 12.4. The smallest absolute Gasteiger partial charge is 0.219 e. The largest absolute Gasteiger partial charge is 0.297 e.